The van der Waals surface area contributed by atoms with Crippen LogP contribution in [0.1, 0.15) is 187 Å². The Morgan fingerprint density at radius 2 is 0.842 bits per heavy atom. The van der Waals surface area contributed by atoms with Gasteiger partial charge in [0.25, 0.3) is 0 Å². The number of carbonyl (C=O) groups is 1. The van der Waals surface area contributed by atoms with Gasteiger partial charge in [0.05, 0.1) is 38.6 Å². The summed E-state index contributed by atoms with van der Waals surface area (Å²) in [5, 5.41) is 119. The van der Waals surface area contributed by atoms with Crippen LogP contribution in [0.3, 0.4) is 0 Å². The van der Waals surface area contributed by atoms with Gasteiger partial charge in [-0.15, -0.1) is 0 Å². The number of amides is 1. The molecule has 76 heavy (non-hydrogen) atoms. The van der Waals surface area contributed by atoms with Crippen molar-refractivity contribution in [3.05, 3.63) is 36.5 Å². The molecule has 17 atom stereocenters. The van der Waals surface area contributed by atoms with Gasteiger partial charge in [-0.05, 0) is 44.9 Å². The maximum atomic E-state index is 12.6. The summed E-state index contributed by atoms with van der Waals surface area (Å²) in [5.74, 6) is -0.344. The number of rotatable bonds is 42. The van der Waals surface area contributed by atoms with Gasteiger partial charge in [0.1, 0.15) is 73.2 Å². The summed E-state index contributed by atoms with van der Waals surface area (Å²) >= 11 is 0. The number of carbonyl (C=O) groups excluding carboxylic acids is 1. The lowest BCUT2D eigenvalue weighted by atomic mass is 9.96. The number of hydrogen-bond acceptors (Lipinski definition) is 18. The minimum absolute atomic E-state index is 0.182. The maximum Gasteiger partial charge on any atom is 0.220 e. The van der Waals surface area contributed by atoms with Crippen LogP contribution in [0.15, 0.2) is 36.5 Å². The van der Waals surface area contributed by atoms with Crippen molar-refractivity contribution in [2.45, 2.75) is 291 Å². The van der Waals surface area contributed by atoms with Gasteiger partial charge in [-0.3, -0.25) is 4.79 Å². The predicted molar refractivity (Wildman–Crippen MR) is 286 cm³/mol. The molecule has 3 aliphatic heterocycles. The number of aliphatic hydroxyl groups is 11. The standard InChI is InChI=1S/C57H103NO18/c1-3-5-6-7-8-9-10-11-12-13-14-15-16-17-18-19-20-21-22-23-24-25-26-27-28-29-30-31-32-33-35-41(62)40(58-45(63)34-4-2)39-71-55-51(69)48(66)53(43(37-60)73-55)76-57-52(70)49(67)54(44(38-61)74-57)75-56-50(68)47(65)46(64)42(36-59)72-56/h25-26,29-30,33,35,40-44,46-57,59-62,64-70H,3-24,27-28,31-32,34,36-39H2,1-2H3,(H,58,63)/b26-25+,30-29+,35-33+. The summed E-state index contributed by atoms with van der Waals surface area (Å²) in [6.45, 7) is 1.30. The van der Waals surface area contributed by atoms with Crippen molar-refractivity contribution in [2.24, 2.45) is 0 Å². The van der Waals surface area contributed by atoms with Crippen molar-refractivity contribution in [3.63, 3.8) is 0 Å². The lowest BCUT2D eigenvalue weighted by Gasteiger charge is -2.48. The quantitative estimate of drug-likeness (QED) is 0.0295. The summed E-state index contributed by atoms with van der Waals surface area (Å²) in [5.41, 5.74) is 0. The highest BCUT2D eigenvalue weighted by molar-refractivity contribution is 5.76. The smallest absolute Gasteiger partial charge is 0.220 e. The molecule has 0 radical (unpaired) electrons. The summed E-state index contributed by atoms with van der Waals surface area (Å²) in [6, 6.07) is -0.989. The molecule has 3 aliphatic rings. The van der Waals surface area contributed by atoms with E-state index < -0.39 is 124 Å². The van der Waals surface area contributed by atoms with Crippen molar-refractivity contribution in [1.82, 2.24) is 5.32 Å². The molecular weight excluding hydrogens is 987 g/mol. The van der Waals surface area contributed by atoms with E-state index in [-0.39, 0.29) is 18.9 Å². The summed E-state index contributed by atoms with van der Waals surface area (Å²) in [4.78, 5) is 12.6. The Labute approximate surface area is 453 Å². The zero-order valence-corrected chi connectivity index (χ0v) is 46.0. The molecule has 3 saturated heterocycles. The minimum Gasteiger partial charge on any atom is -0.394 e. The largest absolute Gasteiger partial charge is 0.394 e. The molecule has 3 rings (SSSR count). The first-order valence-electron chi connectivity index (χ1n) is 29.2. The van der Waals surface area contributed by atoms with Gasteiger partial charge in [0.2, 0.25) is 5.91 Å². The van der Waals surface area contributed by atoms with Crippen LogP contribution >= 0.6 is 0 Å². The second-order valence-corrected chi connectivity index (χ2v) is 21.1. The van der Waals surface area contributed by atoms with E-state index in [0.717, 1.165) is 25.7 Å². The molecule has 0 saturated carbocycles. The Morgan fingerprint density at radius 1 is 0.461 bits per heavy atom. The Bertz CT molecular complexity index is 1540. The van der Waals surface area contributed by atoms with Gasteiger partial charge in [-0.25, -0.2) is 0 Å². The zero-order chi connectivity index (χ0) is 55.5. The van der Waals surface area contributed by atoms with Crippen LogP contribution in [0, 0.1) is 0 Å². The fraction of sp³-hybridized carbons (Fsp3) is 0.877. The van der Waals surface area contributed by atoms with Crippen LogP contribution in [0.25, 0.3) is 0 Å². The first-order chi connectivity index (χ1) is 36.8. The molecule has 0 bridgehead atoms. The van der Waals surface area contributed by atoms with E-state index in [1.54, 1.807) is 12.2 Å². The molecule has 0 aromatic heterocycles. The van der Waals surface area contributed by atoms with Crippen LogP contribution in [0.4, 0.5) is 0 Å². The van der Waals surface area contributed by atoms with Gasteiger partial charge >= 0.3 is 0 Å². The summed E-state index contributed by atoms with van der Waals surface area (Å²) in [7, 11) is 0. The molecule has 19 heteroatoms. The number of nitrogens with one attached hydrogen (secondary N) is 1. The van der Waals surface area contributed by atoms with E-state index in [1.165, 1.54) is 128 Å². The third-order valence-corrected chi connectivity index (χ3v) is 14.6. The molecule has 0 aromatic rings. The first-order valence-corrected chi connectivity index (χ1v) is 29.2. The van der Waals surface area contributed by atoms with Crippen molar-refractivity contribution in [1.29, 1.82) is 0 Å². The van der Waals surface area contributed by atoms with Gasteiger partial charge < -0.3 is 89.9 Å². The van der Waals surface area contributed by atoms with Crippen molar-refractivity contribution in [2.75, 3.05) is 26.4 Å². The van der Waals surface area contributed by atoms with Crippen molar-refractivity contribution in [3.8, 4) is 0 Å². The number of unbranched alkanes of at least 4 members (excludes halogenated alkanes) is 22. The van der Waals surface area contributed by atoms with E-state index in [4.69, 9.17) is 28.4 Å². The molecule has 17 unspecified atom stereocenters. The van der Waals surface area contributed by atoms with E-state index in [0.29, 0.717) is 12.8 Å². The van der Waals surface area contributed by atoms with Crippen LogP contribution in [-0.2, 0) is 33.2 Å². The average molecular weight is 1090 g/mol. The zero-order valence-electron chi connectivity index (χ0n) is 46.0. The summed E-state index contributed by atoms with van der Waals surface area (Å²) in [6.07, 6.45) is 18.1. The third kappa shape index (κ3) is 25.2. The average Bonchev–Trinajstić information content (AvgIpc) is 3.41. The number of ether oxygens (including phenoxy) is 6. The van der Waals surface area contributed by atoms with E-state index in [2.05, 4.69) is 36.5 Å². The summed E-state index contributed by atoms with van der Waals surface area (Å²) < 4.78 is 33.8. The number of hydrogen-bond donors (Lipinski definition) is 12. The Morgan fingerprint density at radius 3 is 1.29 bits per heavy atom. The molecule has 3 fully saturated rings. The molecule has 0 aromatic carbocycles. The Kier molecular flexibility index (Phi) is 36.9. The number of aliphatic hydroxyl groups excluding tert-OH is 11. The Balaban J connectivity index is 1.32. The van der Waals surface area contributed by atoms with Gasteiger partial charge in [-0.2, -0.15) is 0 Å². The molecule has 12 N–H and O–H groups in total. The fourth-order valence-electron chi connectivity index (χ4n) is 9.85. The molecule has 19 nitrogen and oxygen atoms in total. The van der Waals surface area contributed by atoms with E-state index >= 15 is 0 Å². The van der Waals surface area contributed by atoms with Crippen LogP contribution in [-0.4, -0.2) is 193 Å². The fourth-order valence-corrected chi connectivity index (χ4v) is 9.85. The highest BCUT2D eigenvalue weighted by Gasteiger charge is 2.53. The van der Waals surface area contributed by atoms with Gasteiger partial charge in [-0.1, -0.05) is 172 Å². The van der Waals surface area contributed by atoms with E-state index in [9.17, 15) is 61.0 Å². The minimum atomic E-state index is -1.98. The topological polar surface area (TPSA) is 307 Å². The lowest BCUT2D eigenvalue weighted by molar-refractivity contribution is -0.379. The molecule has 444 valence electrons. The SMILES string of the molecule is CCCCCCCCCCCCCCCCCCCCCC/C=C/CC/C=C/CC/C=C/C(O)C(COC1OC(CO)C(OC2OC(CO)C(OC3OC(CO)C(O)C(O)C3O)C(O)C2O)C(O)C1O)NC(=O)CCC. The van der Waals surface area contributed by atoms with Crippen LogP contribution in [0.5, 0.6) is 0 Å². The molecule has 1 amide bonds. The van der Waals surface area contributed by atoms with Crippen LogP contribution in [0.2, 0.25) is 0 Å². The highest BCUT2D eigenvalue weighted by Crippen LogP contribution is 2.33. The van der Waals surface area contributed by atoms with Gasteiger partial charge in [0.15, 0.2) is 18.9 Å². The first kappa shape index (κ1) is 68.3. The molecule has 0 aliphatic carbocycles. The normalized spacial score (nSPS) is 31.2. The van der Waals surface area contributed by atoms with Crippen molar-refractivity contribution < 1.29 is 89.4 Å². The molecule has 0 spiro atoms. The van der Waals surface area contributed by atoms with E-state index in [1.807, 2.05) is 6.92 Å². The highest BCUT2D eigenvalue weighted by atomic mass is 16.8. The second-order valence-electron chi connectivity index (χ2n) is 21.1. The van der Waals surface area contributed by atoms with Crippen molar-refractivity contribution >= 4 is 5.91 Å². The van der Waals surface area contributed by atoms with Gasteiger partial charge in [0, 0.05) is 6.42 Å². The molecular formula is C57H103NO18. The lowest BCUT2D eigenvalue weighted by Crippen LogP contribution is -2.66. The predicted octanol–water partition coefficient (Wildman–Crippen LogP) is 4.54. The maximum absolute atomic E-state index is 12.6. The monoisotopic (exact) mass is 1090 g/mol. The van der Waals surface area contributed by atoms with Crippen LogP contribution < -0.4 is 5.32 Å². The number of allylic oxidation sites excluding steroid dienone is 5. The second kappa shape index (κ2) is 41.1. The molecule has 3 heterocycles. The Hall–Kier alpha value is -1.99. The third-order valence-electron chi connectivity index (χ3n) is 14.6.